The predicted molar refractivity (Wildman–Crippen MR) is 56.8 cm³/mol. The molecule has 0 aliphatic carbocycles. The topological polar surface area (TPSA) is 52.6 Å². The van der Waals surface area contributed by atoms with Crippen LogP contribution >= 0.6 is 0 Å². The first-order valence-electron chi connectivity index (χ1n) is 4.52. The highest BCUT2D eigenvalue weighted by molar-refractivity contribution is 5.31. The number of azide groups is 1. The summed E-state index contributed by atoms with van der Waals surface area (Å²) in [6.07, 6.45) is 3.70. The number of hydrogen-bond acceptors (Lipinski definition) is 1. The number of benzene rings is 1. The Morgan fingerprint density at radius 3 is 2.60 bits per heavy atom. The van der Waals surface area contributed by atoms with Crippen LogP contribution in [0, 0.1) is 0 Å². The van der Waals surface area contributed by atoms with E-state index in [9.17, 15) is 0 Å². The van der Waals surface area contributed by atoms with Gasteiger partial charge in [-0.1, -0.05) is 23.3 Å². The Balaban J connectivity index is 2.46. The molecule has 2 rings (SSSR count). The van der Waals surface area contributed by atoms with Gasteiger partial charge in [-0.25, -0.2) is 0 Å². The molecule has 0 radical (unpaired) electrons. The fourth-order valence-electron chi connectivity index (χ4n) is 1.33. The predicted octanol–water partition coefficient (Wildman–Crippen LogP) is 2.91. The van der Waals surface area contributed by atoms with Gasteiger partial charge in [0.1, 0.15) is 5.69 Å². The van der Waals surface area contributed by atoms with E-state index < -0.39 is 0 Å². The van der Waals surface area contributed by atoms with Crippen LogP contribution in [0.4, 0.5) is 5.69 Å². The maximum Gasteiger partial charge on any atom is 0.210 e. The van der Waals surface area contributed by atoms with Gasteiger partial charge in [0.05, 0.1) is 0 Å². The summed E-state index contributed by atoms with van der Waals surface area (Å²) in [6, 6.07) is 13.5. The van der Waals surface area contributed by atoms with Crippen LogP contribution in [0.15, 0.2) is 60.0 Å². The molecule has 0 saturated carbocycles. The third-order valence-electron chi connectivity index (χ3n) is 2.00. The fraction of sp³-hybridized carbons (Fsp3) is 0. The first-order chi connectivity index (χ1) is 7.40. The second-order valence-electron chi connectivity index (χ2n) is 2.99. The average Bonchev–Trinajstić information content (AvgIpc) is 2.31. The zero-order valence-corrected chi connectivity index (χ0v) is 7.99. The number of rotatable bonds is 2. The minimum atomic E-state index is 0.601. The monoisotopic (exact) mass is 197 g/mol. The maximum atomic E-state index is 8.33. The van der Waals surface area contributed by atoms with Crippen LogP contribution in [0.3, 0.4) is 0 Å². The quantitative estimate of drug-likeness (QED) is 0.307. The summed E-state index contributed by atoms with van der Waals surface area (Å²) in [6.45, 7) is 0. The molecule has 1 aromatic heterocycles. The molecule has 0 unspecified atom stereocenters. The molecule has 0 saturated heterocycles. The Kier molecular flexibility index (Phi) is 2.63. The van der Waals surface area contributed by atoms with E-state index in [1.165, 1.54) is 0 Å². The van der Waals surface area contributed by atoms with E-state index in [2.05, 4.69) is 10.0 Å². The normalized spacial score (nSPS) is 9.33. The lowest BCUT2D eigenvalue weighted by Gasteiger charge is -1.94. The number of pyridine rings is 1. The van der Waals surface area contributed by atoms with Gasteiger partial charge in [-0.2, -0.15) is 4.57 Å². The number of para-hydroxylation sites is 1. The highest BCUT2D eigenvalue weighted by atomic mass is 15.1. The minimum absolute atomic E-state index is 0.601. The molecule has 0 fully saturated rings. The summed E-state index contributed by atoms with van der Waals surface area (Å²) in [5, 5.41) is 3.55. The SMILES string of the molecule is [N-]=[N+]=Nc1ccc[n+](-c2ccccc2)c1. The molecular formula is C11H9N4+. The molecule has 72 valence electrons. The summed E-state index contributed by atoms with van der Waals surface area (Å²) in [7, 11) is 0. The van der Waals surface area contributed by atoms with Gasteiger partial charge in [0.25, 0.3) is 0 Å². The first-order valence-corrected chi connectivity index (χ1v) is 4.52. The molecule has 0 amide bonds. The summed E-state index contributed by atoms with van der Waals surface area (Å²) in [5.41, 5.74) is 9.97. The van der Waals surface area contributed by atoms with E-state index in [-0.39, 0.29) is 0 Å². The molecule has 4 nitrogen and oxygen atoms in total. The molecule has 0 atom stereocenters. The molecule has 15 heavy (non-hydrogen) atoms. The Morgan fingerprint density at radius 1 is 1.07 bits per heavy atom. The summed E-state index contributed by atoms with van der Waals surface area (Å²) in [5.74, 6) is 0. The first kappa shape index (κ1) is 9.24. The second kappa shape index (κ2) is 4.26. The van der Waals surface area contributed by atoms with Gasteiger partial charge in [-0.15, -0.1) is 0 Å². The van der Waals surface area contributed by atoms with Crippen LogP contribution in [0.2, 0.25) is 0 Å². The summed E-state index contributed by atoms with van der Waals surface area (Å²) >= 11 is 0. The highest BCUT2D eigenvalue weighted by Gasteiger charge is 2.03. The highest BCUT2D eigenvalue weighted by Crippen LogP contribution is 2.08. The third kappa shape index (κ3) is 2.13. The lowest BCUT2D eigenvalue weighted by molar-refractivity contribution is -0.595. The zero-order valence-electron chi connectivity index (χ0n) is 7.99. The van der Waals surface area contributed by atoms with Crippen molar-refractivity contribution in [1.29, 1.82) is 0 Å². The molecule has 0 aliphatic rings. The van der Waals surface area contributed by atoms with Gasteiger partial charge in [0, 0.05) is 23.1 Å². The second-order valence-corrected chi connectivity index (χ2v) is 2.99. The van der Waals surface area contributed by atoms with Crippen molar-refractivity contribution in [2.24, 2.45) is 5.11 Å². The average molecular weight is 197 g/mol. The van der Waals surface area contributed by atoms with Crippen LogP contribution in [0.1, 0.15) is 0 Å². The van der Waals surface area contributed by atoms with Gasteiger partial charge >= 0.3 is 0 Å². The molecule has 0 aliphatic heterocycles. The van der Waals surface area contributed by atoms with Crippen molar-refractivity contribution in [2.75, 3.05) is 0 Å². The molecule has 1 heterocycles. The van der Waals surface area contributed by atoms with E-state index in [1.807, 2.05) is 47.2 Å². The van der Waals surface area contributed by atoms with Crippen LogP contribution in [-0.2, 0) is 0 Å². The smallest absolute Gasteiger partial charge is 0.167 e. The number of hydrogen-bond donors (Lipinski definition) is 0. The lowest BCUT2D eigenvalue weighted by Crippen LogP contribution is -2.28. The van der Waals surface area contributed by atoms with Crippen LogP contribution in [0.25, 0.3) is 16.1 Å². The van der Waals surface area contributed by atoms with Crippen LogP contribution in [0.5, 0.6) is 0 Å². The van der Waals surface area contributed by atoms with Crippen LogP contribution < -0.4 is 4.57 Å². The fourth-order valence-corrected chi connectivity index (χ4v) is 1.33. The molecule has 4 heteroatoms. The Morgan fingerprint density at radius 2 is 1.87 bits per heavy atom. The van der Waals surface area contributed by atoms with E-state index >= 15 is 0 Å². The van der Waals surface area contributed by atoms with Crippen molar-refractivity contribution < 1.29 is 4.57 Å². The van der Waals surface area contributed by atoms with Gasteiger partial charge in [-0.3, -0.25) is 0 Å². The standard InChI is InChI=1S/C11H9N4/c12-14-13-10-5-4-8-15(9-10)11-6-2-1-3-7-11/h1-9H/q+1. The van der Waals surface area contributed by atoms with Gasteiger partial charge in [0.15, 0.2) is 12.4 Å². The molecule has 0 N–H and O–H groups in total. The van der Waals surface area contributed by atoms with Crippen LogP contribution in [-0.4, -0.2) is 0 Å². The Hall–Kier alpha value is -2.32. The van der Waals surface area contributed by atoms with E-state index in [1.54, 1.807) is 12.3 Å². The molecule has 2 aromatic rings. The van der Waals surface area contributed by atoms with Crippen molar-refractivity contribution in [2.45, 2.75) is 0 Å². The number of nitrogens with zero attached hydrogens (tertiary/aromatic N) is 4. The lowest BCUT2D eigenvalue weighted by atomic mass is 10.3. The van der Waals surface area contributed by atoms with Crippen molar-refractivity contribution in [3.8, 4) is 5.69 Å². The van der Waals surface area contributed by atoms with E-state index in [4.69, 9.17) is 5.53 Å². The molecular weight excluding hydrogens is 188 g/mol. The third-order valence-corrected chi connectivity index (χ3v) is 2.00. The maximum absolute atomic E-state index is 8.33. The van der Waals surface area contributed by atoms with E-state index in [0.717, 1.165) is 5.69 Å². The van der Waals surface area contributed by atoms with Gasteiger partial charge in [-0.05, 0) is 11.6 Å². The van der Waals surface area contributed by atoms with Gasteiger partial charge in [0.2, 0.25) is 5.69 Å². The van der Waals surface area contributed by atoms with Crippen molar-refractivity contribution >= 4 is 5.69 Å². The zero-order chi connectivity index (χ0) is 10.5. The minimum Gasteiger partial charge on any atom is -0.167 e. The van der Waals surface area contributed by atoms with Crippen molar-refractivity contribution in [3.63, 3.8) is 0 Å². The van der Waals surface area contributed by atoms with Crippen molar-refractivity contribution in [3.05, 3.63) is 65.3 Å². The van der Waals surface area contributed by atoms with Crippen molar-refractivity contribution in [1.82, 2.24) is 0 Å². The molecule has 0 bridgehead atoms. The molecule has 1 aromatic carbocycles. The molecule has 0 spiro atoms. The number of aromatic nitrogens is 1. The largest absolute Gasteiger partial charge is 0.210 e. The van der Waals surface area contributed by atoms with Gasteiger partial charge < -0.3 is 0 Å². The summed E-state index contributed by atoms with van der Waals surface area (Å²) < 4.78 is 1.91. The Labute approximate surface area is 87.1 Å². The Bertz CT molecular complexity index is 501. The van der Waals surface area contributed by atoms with E-state index in [0.29, 0.717) is 5.69 Å². The summed E-state index contributed by atoms with van der Waals surface area (Å²) in [4.78, 5) is 2.75.